The first-order valence-corrected chi connectivity index (χ1v) is 5.26. The Kier molecular flexibility index (Phi) is 1.36. The zero-order chi connectivity index (χ0) is 27.0. The van der Waals surface area contributed by atoms with Gasteiger partial charge < -0.3 is 9.67 Å². The quantitative estimate of drug-likeness (QED) is 0.840. The van der Waals surface area contributed by atoms with Crippen LogP contribution in [0.5, 0.6) is 0 Å². The van der Waals surface area contributed by atoms with Crippen LogP contribution in [0.2, 0.25) is 0 Å². The minimum Gasteiger partial charge on any atom is -0.393 e. The van der Waals surface area contributed by atoms with Crippen LogP contribution in [-0.4, -0.2) is 29.9 Å². The molecule has 0 saturated heterocycles. The van der Waals surface area contributed by atoms with E-state index in [1.165, 1.54) is 0 Å². The summed E-state index contributed by atoms with van der Waals surface area (Å²) >= 11 is 0. The summed E-state index contributed by atoms with van der Waals surface area (Å²) in [5.41, 5.74) is -4.16. The van der Waals surface area contributed by atoms with Crippen molar-refractivity contribution in [2.24, 2.45) is 14.0 Å². The lowest BCUT2D eigenvalue weighted by Gasteiger charge is -2.09. The highest BCUT2D eigenvalue weighted by Gasteiger charge is 2.14. The van der Waals surface area contributed by atoms with E-state index in [4.69, 9.17) is 19.2 Å². The topological polar surface area (TPSA) is 82.1 Å². The van der Waals surface area contributed by atoms with Crippen LogP contribution in [0.1, 0.15) is 45.2 Å². The van der Waals surface area contributed by atoms with Gasteiger partial charge in [0.25, 0.3) is 5.56 Å². The van der Waals surface area contributed by atoms with Gasteiger partial charge in [0.1, 0.15) is 1.37 Å². The monoisotopic (exact) mass is 294 g/mol. The first-order valence-electron chi connectivity index (χ1n) is 12.3. The molecule has 0 aromatic carbocycles. The van der Waals surface area contributed by atoms with E-state index in [-0.39, 0.29) is 9.13 Å². The fourth-order valence-corrected chi connectivity index (χ4v) is 1.57. The van der Waals surface area contributed by atoms with Gasteiger partial charge in [0.2, 0.25) is 0 Å². The number of hydrogen-bond acceptors (Lipinski definition) is 4. The zero-order valence-corrected chi connectivity index (χ0v) is 10.3. The molecule has 7 nitrogen and oxygen atoms in total. The molecule has 2 aromatic heterocycles. The molecule has 2 rings (SSSR count). The molecule has 0 spiro atoms. The molecule has 2 aromatic rings. The number of fused-ring (bicyclic) bond motifs is 1. The van der Waals surface area contributed by atoms with Gasteiger partial charge in [0.05, 0.1) is 13.8 Å². The van der Waals surface area contributed by atoms with Gasteiger partial charge in [-0.2, -0.15) is 0 Å². The lowest BCUT2D eigenvalue weighted by Crippen LogP contribution is -2.39. The second kappa shape index (κ2) is 5.62. The van der Waals surface area contributed by atoms with Crippen molar-refractivity contribution >= 4 is 11.2 Å². The summed E-state index contributed by atoms with van der Waals surface area (Å²) in [4.78, 5) is 29.2. The molecule has 1 N–H and O–H groups in total. The van der Waals surface area contributed by atoms with Crippen LogP contribution < -0.4 is 11.2 Å². The predicted octanol–water partition coefficient (Wildman–Crippen LogP) is -0.0152. The highest BCUT2D eigenvalue weighted by Crippen LogP contribution is 2.04. The van der Waals surface area contributed by atoms with Gasteiger partial charge in [0.15, 0.2) is 11.2 Å². The van der Waals surface area contributed by atoms with Gasteiger partial charge >= 0.3 is 5.69 Å². The summed E-state index contributed by atoms with van der Waals surface area (Å²) in [7, 11) is 1.01. The van der Waals surface area contributed by atoms with Crippen molar-refractivity contribution in [2.75, 3.05) is 0 Å². The van der Waals surface area contributed by atoms with Gasteiger partial charge in [0, 0.05) is 37.0 Å². The number of hydrogen-bond donors (Lipinski definition) is 1. The Bertz CT molecular complexity index is 1230. The molecule has 0 aliphatic carbocycles. The molecule has 110 valence electrons. The summed E-state index contributed by atoms with van der Waals surface area (Å²) in [6.45, 7) is -8.51. The second-order valence-corrected chi connectivity index (χ2v) is 3.73. The number of aromatic nitrogens is 4. The van der Waals surface area contributed by atoms with Crippen LogP contribution in [0.3, 0.4) is 0 Å². The maximum absolute atomic E-state index is 13.0. The average molecular weight is 294 g/mol. The van der Waals surface area contributed by atoms with Gasteiger partial charge in [-0.05, 0) is 26.0 Å². The molecule has 0 aliphatic heterocycles. The lowest BCUT2D eigenvalue weighted by atomic mass is 10.2. The minimum absolute atomic E-state index is 0.0396. The molecule has 2 heterocycles. The van der Waals surface area contributed by atoms with Gasteiger partial charge in [-0.25, -0.2) is 9.78 Å². The molecule has 0 aliphatic rings. The lowest BCUT2D eigenvalue weighted by molar-refractivity contribution is 0.180. The maximum atomic E-state index is 13.0. The van der Waals surface area contributed by atoms with E-state index >= 15 is 0 Å². The molecule has 0 amide bonds. The van der Waals surface area contributed by atoms with E-state index in [1.807, 2.05) is 0 Å². The maximum Gasteiger partial charge on any atom is 0.332 e. The SMILES string of the molecule is [2H]c1nc2c(c(=O)n(CC([2H])([2H])C([2H])([2H])C([2H])([2H])C([2H])(O)C([2H])([2H])[2H])c(=O)n2C)n1C([2H])([2H])[2H]. The third kappa shape index (κ3) is 2.53. The molecule has 20 heavy (non-hydrogen) atoms. The number of rotatable bonds is 5. The molecular weight excluding hydrogens is 260 g/mol. The van der Waals surface area contributed by atoms with Crippen LogP contribution in [0, 0.1) is 0 Å². The Morgan fingerprint density at radius 1 is 1.60 bits per heavy atom. The summed E-state index contributed by atoms with van der Waals surface area (Å²) in [5.74, 6) is 0. The van der Waals surface area contributed by atoms with E-state index in [2.05, 4.69) is 4.98 Å². The Labute approximate surface area is 135 Å². The summed E-state index contributed by atoms with van der Waals surface area (Å²) in [6, 6.07) is 0. The second-order valence-electron chi connectivity index (χ2n) is 3.73. The predicted molar refractivity (Wildman–Crippen MR) is 75.7 cm³/mol. The van der Waals surface area contributed by atoms with Crippen molar-refractivity contribution in [3.63, 3.8) is 0 Å². The minimum atomic E-state index is -4.14. The average Bonchev–Trinajstić information content (AvgIpc) is 2.99. The number of imidazole rings is 1. The molecule has 0 saturated carbocycles. The molecule has 0 bridgehead atoms. The molecule has 1 atom stereocenters. The van der Waals surface area contributed by atoms with Crippen molar-refractivity contribution < 1.29 is 24.3 Å². The Balaban J connectivity index is 2.80. The standard InChI is InChI=1S/C13H20N4O3/c1-9(18)6-4-5-7-17-12(19)10-11(14-8-15(10)2)16(3)13(17)20/h8-9,18H,4-7H2,1-3H3/i1D3,2D3,4D2,5D2,6D2,8D,9D. The van der Waals surface area contributed by atoms with Crippen LogP contribution >= 0.6 is 0 Å². The van der Waals surface area contributed by atoms with Crippen molar-refractivity contribution in [3.8, 4) is 0 Å². The van der Waals surface area contributed by atoms with Gasteiger partial charge in [-0.3, -0.25) is 13.9 Å². The van der Waals surface area contributed by atoms with Crippen molar-refractivity contribution in [3.05, 3.63) is 27.1 Å². The molecule has 1 unspecified atom stereocenters. The van der Waals surface area contributed by atoms with Crippen LogP contribution in [-0.2, 0) is 20.6 Å². The molecule has 7 heteroatoms. The first kappa shape index (κ1) is 4.84. The fourth-order valence-electron chi connectivity index (χ4n) is 1.57. The van der Waals surface area contributed by atoms with E-state index in [9.17, 15) is 14.7 Å². The van der Waals surface area contributed by atoms with E-state index in [0.29, 0.717) is 4.57 Å². The van der Waals surface area contributed by atoms with Gasteiger partial charge in [-0.15, -0.1) is 0 Å². The number of aryl methyl sites for hydroxylation is 2. The largest absolute Gasteiger partial charge is 0.393 e. The third-order valence-corrected chi connectivity index (χ3v) is 2.48. The zero-order valence-electron chi connectivity index (χ0n) is 24.3. The van der Waals surface area contributed by atoms with E-state index in [0.717, 1.165) is 7.05 Å². The Morgan fingerprint density at radius 3 is 3.10 bits per heavy atom. The van der Waals surface area contributed by atoms with Crippen LogP contribution in [0.4, 0.5) is 0 Å². The van der Waals surface area contributed by atoms with Crippen LogP contribution in [0.25, 0.3) is 11.2 Å². The van der Waals surface area contributed by atoms with Crippen molar-refractivity contribution in [1.29, 1.82) is 0 Å². The smallest absolute Gasteiger partial charge is 0.332 e. The summed E-state index contributed by atoms with van der Waals surface area (Å²) in [6.07, 6.45) is -16.8. The van der Waals surface area contributed by atoms with E-state index in [1.54, 1.807) is 0 Å². The number of nitrogens with zero attached hydrogens (tertiary/aromatic N) is 4. The van der Waals surface area contributed by atoms with Crippen molar-refractivity contribution in [2.45, 2.75) is 38.6 Å². The van der Waals surface area contributed by atoms with Crippen LogP contribution in [0.15, 0.2) is 15.9 Å². The Morgan fingerprint density at radius 2 is 2.40 bits per heavy atom. The normalized spacial score (nSPS) is 28.3. The fraction of sp³-hybridized carbons (Fsp3) is 0.615. The molecule has 0 fully saturated rings. The summed E-state index contributed by atoms with van der Waals surface area (Å²) < 4.78 is 108. The Hall–Kier alpha value is -1.89. The molecular formula is C13H20N4O3. The third-order valence-electron chi connectivity index (χ3n) is 2.48. The van der Waals surface area contributed by atoms with Gasteiger partial charge in [-0.1, -0.05) is 0 Å². The summed E-state index contributed by atoms with van der Waals surface area (Å²) in [5, 5.41) is 9.96. The molecule has 0 radical (unpaired) electrons. The van der Waals surface area contributed by atoms with E-state index < -0.39 is 74.3 Å². The highest BCUT2D eigenvalue weighted by molar-refractivity contribution is 5.69. The number of aliphatic hydroxyl groups is 1. The first-order chi connectivity index (χ1) is 14.8. The highest BCUT2D eigenvalue weighted by atomic mass is 16.3. The van der Waals surface area contributed by atoms with Crippen molar-refractivity contribution in [1.82, 2.24) is 18.7 Å².